The Labute approximate surface area is 270 Å². The first-order valence-electron chi connectivity index (χ1n) is 16.5. The van der Waals surface area contributed by atoms with Crippen LogP contribution in [-0.2, 0) is 37.9 Å². The van der Waals surface area contributed by atoms with Crippen LogP contribution in [0, 0.1) is 5.92 Å². The zero-order valence-electron chi connectivity index (χ0n) is 27.4. The number of nitrogens with one attached hydrogen (secondary N) is 1. The number of aromatic hydroxyl groups is 1. The van der Waals surface area contributed by atoms with E-state index in [9.17, 15) is 9.90 Å². The van der Waals surface area contributed by atoms with E-state index in [1.807, 2.05) is 12.1 Å². The number of ketones is 1. The number of Topliss-reactive ketones (excluding diaryl/α,β-unsaturated/α-hetero) is 1. The van der Waals surface area contributed by atoms with Crippen molar-refractivity contribution in [2.45, 2.75) is 73.6 Å². The third-order valence-electron chi connectivity index (χ3n) is 12.3. The number of allylic oxidation sites excluding steroid dienone is 2. The normalized spacial score (nSPS) is 34.4. The smallest absolute Gasteiger partial charge is 0.169 e. The monoisotopic (exact) mass is 628 g/mol. The van der Waals surface area contributed by atoms with E-state index in [1.165, 1.54) is 16.7 Å². The summed E-state index contributed by atoms with van der Waals surface area (Å²) in [7, 11) is 8.80. The van der Waals surface area contributed by atoms with Crippen LogP contribution in [-0.4, -0.2) is 88.7 Å². The van der Waals surface area contributed by atoms with Gasteiger partial charge in [0, 0.05) is 42.2 Å². The summed E-state index contributed by atoms with van der Waals surface area (Å²) in [5.74, 6) is 3.87. The molecular weight excluding hydrogens is 584 g/mol. The summed E-state index contributed by atoms with van der Waals surface area (Å²) in [5.41, 5.74) is 5.92. The van der Waals surface area contributed by atoms with Crippen molar-refractivity contribution in [3.63, 3.8) is 0 Å². The maximum Gasteiger partial charge on any atom is 0.169 e. The van der Waals surface area contributed by atoms with E-state index in [1.54, 1.807) is 28.4 Å². The Balaban J connectivity index is 0.000000136. The van der Waals surface area contributed by atoms with Crippen molar-refractivity contribution < 1.29 is 33.6 Å². The number of carbonyl (C=O) groups excluding carboxylic acids is 1. The van der Waals surface area contributed by atoms with Crippen LogP contribution in [0.2, 0.25) is 0 Å². The highest BCUT2D eigenvalue weighted by Gasteiger charge is 2.61. The molecule has 0 aromatic heterocycles. The van der Waals surface area contributed by atoms with Crippen LogP contribution in [0.5, 0.6) is 23.0 Å². The molecule has 2 N–H and O–H groups in total. The lowest BCUT2D eigenvalue weighted by Gasteiger charge is -2.58. The van der Waals surface area contributed by atoms with Crippen molar-refractivity contribution >= 4 is 5.78 Å². The second kappa shape index (κ2) is 10.8. The predicted octanol–water partition coefficient (Wildman–Crippen LogP) is 3.98. The summed E-state index contributed by atoms with van der Waals surface area (Å²) >= 11 is 0. The Kier molecular flexibility index (Phi) is 6.98. The molecule has 3 fully saturated rings. The standard InChI is InChI=1S/C19H25NO4.C18H19NO3/c1-20-7-6-19-10-14(21)16(24-3)9-12(19)13(20)8-11-4-5-15(23-2)18(22)17(11)19;1-20-13-5-3-10-9-12-11-4-6-14(21-2)17-18(11,7-8-19-12)15(10)16(13)22-17/h4-5,12-13,16,22H,6-10H2,1-3H3;3-6,12,17,19H,7-9H2,1-2H3/t12?,13?,16?,19-;12?,17-,18-/m11/s1. The van der Waals surface area contributed by atoms with Crippen molar-refractivity contribution in [1.82, 2.24) is 10.2 Å². The minimum atomic E-state index is -0.313. The molecule has 3 heterocycles. The van der Waals surface area contributed by atoms with Crippen LogP contribution in [0.3, 0.4) is 0 Å². The summed E-state index contributed by atoms with van der Waals surface area (Å²) < 4.78 is 28.4. The molecule has 4 unspecified atom stereocenters. The van der Waals surface area contributed by atoms with Crippen LogP contribution in [0.1, 0.15) is 47.9 Å². The van der Waals surface area contributed by atoms with E-state index >= 15 is 0 Å². The average molecular weight is 629 g/mol. The molecule has 7 atom stereocenters. The molecule has 9 nitrogen and oxygen atoms in total. The number of benzene rings is 2. The number of rotatable bonds is 4. The molecule has 4 bridgehead atoms. The molecule has 244 valence electrons. The summed E-state index contributed by atoms with van der Waals surface area (Å²) in [6.07, 6.45) is 8.98. The van der Waals surface area contributed by atoms with Crippen molar-refractivity contribution in [2.75, 3.05) is 48.6 Å². The second-order valence-corrected chi connectivity index (χ2v) is 14.0. The quantitative estimate of drug-likeness (QED) is 0.521. The average Bonchev–Trinajstić information content (AvgIpc) is 3.40. The van der Waals surface area contributed by atoms with Gasteiger partial charge in [-0.3, -0.25) is 4.79 Å². The Morgan fingerprint density at radius 1 is 0.957 bits per heavy atom. The number of likely N-dealkylation sites (tertiary alicyclic amines) is 1. The molecule has 9 heteroatoms. The lowest BCUT2D eigenvalue weighted by atomic mass is 9.51. The van der Waals surface area contributed by atoms with E-state index < -0.39 is 0 Å². The Hall–Kier alpha value is -3.53. The van der Waals surface area contributed by atoms with Crippen LogP contribution in [0.15, 0.2) is 47.7 Å². The molecule has 2 aromatic carbocycles. The first-order valence-corrected chi connectivity index (χ1v) is 16.5. The van der Waals surface area contributed by atoms with E-state index in [-0.39, 0.29) is 34.6 Å². The summed E-state index contributed by atoms with van der Waals surface area (Å²) in [4.78, 5) is 15.1. The van der Waals surface area contributed by atoms with Gasteiger partial charge in [-0.25, -0.2) is 0 Å². The molecule has 4 aliphatic carbocycles. The second-order valence-electron chi connectivity index (χ2n) is 14.0. The fourth-order valence-electron chi connectivity index (χ4n) is 10.3. The number of hydrogen-bond acceptors (Lipinski definition) is 9. The number of carbonyl (C=O) groups is 1. The van der Waals surface area contributed by atoms with E-state index in [4.69, 9.17) is 23.7 Å². The minimum absolute atomic E-state index is 0.0625. The van der Waals surface area contributed by atoms with E-state index in [0.29, 0.717) is 30.2 Å². The molecule has 0 radical (unpaired) electrons. The zero-order valence-corrected chi connectivity index (χ0v) is 27.4. The van der Waals surface area contributed by atoms with Crippen LogP contribution in [0.4, 0.5) is 0 Å². The van der Waals surface area contributed by atoms with Crippen molar-refractivity contribution in [2.24, 2.45) is 5.92 Å². The maximum atomic E-state index is 12.7. The molecule has 7 aliphatic rings. The van der Waals surface area contributed by atoms with Crippen LogP contribution in [0.25, 0.3) is 0 Å². The number of methoxy groups -OCH3 is 4. The van der Waals surface area contributed by atoms with Gasteiger partial charge < -0.3 is 39.0 Å². The molecular formula is C37H44N2O7. The third kappa shape index (κ3) is 3.88. The number of piperidine rings is 2. The van der Waals surface area contributed by atoms with Gasteiger partial charge in [-0.15, -0.1) is 0 Å². The van der Waals surface area contributed by atoms with Crippen LogP contribution < -0.4 is 19.5 Å². The fraction of sp³-hybridized carbons (Fsp3) is 0.541. The van der Waals surface area contributed by atoms with Gasteiger partial charge in [0.15, 0.2) is 34.9 Å². The van der Waals surface area contributed by atoms with Gasteiger partial charge in [-0.1, -0.05) is 18.2 Å². The molecule has 2 saturated heterocycles. The Morgan fingerprint density at radius 2 is 1.72 bits per heavy atom. The zero-order chi connectivity index (χ0) is 32.0. The Morgan fingerprint density at radius 3 is 2.46 bits per heavy atom. The van der Waals surface area contributed by atoms with Gasteiger partial charge in [0.2, 0.25) is 0 Å². The molecule has 1 spiro atoms. The minimum Gasteiger partial charge on any atom is -0.504 e. The summed E-state index contributed by atoms with van der Waals surface area (Å²) in [6, 6.07) is 8.93. The van der Waals surface area contributed by atoms with Gasteiger partial charge >= 0.3 is 0 Å². The number of phenols is 1. The highest BCUT2D eigenvalue weighted by atomic mass is 16.6. The fourth-order valence-corrected chi connectivity index (χ4v) is 10.3. The maximum absolute atomic E-state index is 12.7. The lowest BCUT2D eigenvalue weighted by molar-refractivity contribution is -0.141. The van der Waals surface area contributed by atoms with Gasteiger partial charge in [0.25, 0.3) is 0 Å². The highest BCUT2D eigenvalue weighted by molar-refractivity contribution is 5.86. The first-order chi connectivity index (χ1) is 22.3. The summed E-state index contributed by atoms with van der Waals surface area (Å²) in [6.45, 7) is 1.96. The first kappa shape index (κ1) is 29.8. The lowest BCUT2D eigenvalue weighted by Crippen LogP contribution is -2.63. The number of likely N-dealkylation sites (N-methyl/N-ethyl adjacent to an activating group) is 1. The summed E-state index contributed by atoms with van der Waals surface area (Å²) in [5, 5.41) is 14.5. The number of fused-ring (bicyclic) bond motifs is 1. The SMILES string of the molecule is COC1=CC=C2C3Cc4ccc(OC)c5c4[C@]2(CCN3)[C@@H]1O5.COc1ccc2c(c1O)[C@@]13CCN(C)C(C2)C1CC(OC)C(=O)C3. The van der Waals surface area contributed by atoms with E-state index in [2.05, 4.69) is 41.5 Å². The van der Waals surface area contributed by atoms with Gasteiger partial charge in [0.05, 0.1) is 26.7 Å². The molecule has 1 saturated carbocycles. The largest absolute Gasteiger partial charge is 0.504 e. The van der Waals surface area contributed by atoms with Gasteiger partial charge in [-0.05, 0) is 93.1 Å². The van der Waals surface area contributed by atoms with Crippen molar-refractivity contribution in [3.05, 3.63) is 70.0 Å². The predicted molar refractivity (Wildman–Crippen MR) is 172 cm³/mol. The molecule has 46 heavy (non-hydrogen) atoms. The Bertz CT molecular complexity index is 1670. The van der Waals surface area contributed by atoms with Gasteiger partial charge in [-0.2, -0.15) is 0 Å². The number of phenolic OH excluding ortho intramolecular Hbond substituents is 1. The van der Waals surface area contributed by atoms with Crippen molar-refractivity contribution in [3.8, 4) is 23.0 Å². The number of hydrogen-bond donors (Lipinski definition) is 2. The van der Waals surface area contributed by atoms with E-state index in [0.717, 1.165) is 73.6 Å². The van der Waals surface area contributed by atoms with Crippen molar-refractivity contribution in [1.29, 1.82) is 0 Å². The highest BCUT2D eigenvalue weighted by Crippen LogP contribution is 2.62. The third-order valence-corrected chi connectivity index (χ3v) is 12.3. The number of nitrogens with zero attached hydrogens (tertiary/aromatic N) is 1. The van der Waals surface area contributed by atoms with Crippen LogP contribution >= 0.6 is 0 Å². The number of ether oxygens (including phenoxy) is 5. The molecule has 2 aromatic rings. The molecule has 3 aliphatic heterocycles. The van der Waals surface area contributed by atoms with Gasteiger partial charge in [0.1, 0.15) is 11.9 Å². The molecule has 9 rings (SSSR count). The molecule has 0 amide bonds. The topological polar surface area (TPSA) is 98.7 Å².